The molecule has 0 spiro atoms. The Kier molecular flexibility index (Phi) is 5.04. The quantitative estimate of drug-likeness (QED) is 0.827. The molecule has 0 bridgehead atoms. The number of carbonyl (C=O) groups is 2. The number of benzene rings is 1. The van der Waals surface area contributed by atoms with Gasteiger partial charge in [-0.25, -0.2) is 0 Å². The molecule has 1 aromatic carbocycles. The van der Waals surface area contributed by atoms with Crippen molar-refractivity contribution in [2.24, 2.45) is 5.41 Å². The van der Waals surface area contributed by atoms with Crippen LogP contribution in [0.1, 0.15) is 39.7 Å². The van der Waals surface area contributed by atoms with Crippen molar-refractivity contribution in [1.82, 2.24) is 4.90 Å². The zero-order valence-electron chi connectivity index (χ0n) is 14.5. The highest BCUT2D eigenvalue weighted by Crippen LogP contribution is 2.27. The van der Waals surface area contributed by atoms with E-state index in [9.17, 15) is 9.59 Å². The summed E-state index contributed by atoms with van der Waals surface area (Å²) in [6.45, 7) is 10.9. The Morgan fingerprint density at radius 1 is 1.30 bits per heavy atom. The van der Waals surface area contributed by atoms with Gasteiger partial charge in [-0.3, -0.25) is 9.59 Å². The maximum Gasteiger partial charge on any atom is 0.249 e. The van der Waals surface area contributed by atoms with Crippen molar-refractivity contribution in [3.05, 3.63) is 28.8 Å². The van der Waals surface area contributed by atoms with Crippen molar-refractivity contribution >= 4 is 29.1 Å². The maximum absolute atomic E-state index is 12.7. The van der Waals surface area contributed by atoms with Crippen molar-refractivity contribution < 1.29 is 9.59 Å². The van der Waals surface area contributed by atoms with Gasteiger partial charge >= 0.3 is 0 Å². The van der Waals surface area contributed by atoms with E-state index in [0.717, 1.165) is 11.3 Å². The van der Waals surface area contributed by atoms with Crippen molar-refractivity contribution in [2.75, 3.05) is 18.0 Å². The molecule has 126 valence electrons. The van der Waals surface area contributed by atoms with Crippen LogP contribution in [0.15, 0.2) is 18.2 Å². The Bertz CT molecular complexity index is 622. The van der Waals surface area contributed by atoms with Crippen LogP contribution in [-0.2, 0) is 9.59 Å². The predicted octanol–water partition coefficient (Wildman–Crippen LogP) is 3.65. The number of anilines is 1. The van der Waals surface area contributed by atoms with Gasteiger partial charge in [-0.05, 0) is 37.0 Å². The summed E-state index contributed by atoms with van der Waals surface area (Å²) in [5, 5.41) is 0.647. The molecule has 0 aliphatic carbocycles. The summed E-state index contributed by atoms with van der Waals surface area (Å²) in [4.78, 5) is 28.6. The lowest BCUT2D eigenvalue weighted by molar-refractivity contribution is -0.142. The molecule has 1 aliphatic rings. The molecule has 0 radical (unpaired) electrons. The van der Waals surface area contributed by atoms with Crippen molar-refractivity contribution in [3.63, 3.8) is 0 Å². The summed E-state index contributed by atoms with van der Waals surface area (Å²) in [5.74, 6) is -0.0154. The van der Waals surface area contributed by atoms with Crippen LogP contribution in [0.2, 0.25) is 5.02 Å². The van der Waals surface area contributed by atoms with Gasteiger partial charge in [0.2, 0.25) is 11.8 Å². The maximum atomic E-state index is 12.7. The van der Waals surface area contributed by atoms with Gasteiger partial charge in [0, 0.05) is 30.2 Å². The van der Waals surface area contributed by atoms with Crippen molar-refractivity contribution in [2.45, 2.75) is 47.1 Å². The predicted molar refractivity (Wildman–Crippen MR) is 93.8 cm³/mol. The lowest BCUT2D eigenvalue weighted by Crippen LogP contribution is -2.58. The second-order valence-electron chi connectivity index (χ2n) is 7.42. The Hall–Kier alpha value is -1.55. The van der Waals surface area contributed by atoms with Gasteiger partial charge in [-0.1, -0.05) is 38.4 Å². The number of halogens is 1. The van der Waals surface area contributed by atoms with Gasteiger partial charge in [0.25, 0.3) is 0 Å². The fourth-order valence-electron chi connectivity index (χ4n) is 2.77. The van der Waals surface area contributed by atoms with Crippen molar-refractivity contribution in [3.8, 4) is 0 Å². The summed E-state index contributed by atoms with van der Waals surface area (Å²) >= 11 is 6.17. The molecule has 2 amide bonds. The molecule has 2 rings (SSSR count). The number of amides is 2. The van der Waals surface area contributed by atoms with E-state index in [-0.39, 0.29) is 17.2 Å². The van der Waals surface area contributed by atoms with Gasteiger partial charge in [0.05, 0.1) is 0 Å². The first-order valence-corrected chi connectivity index (χ1v) is 8.35. The molecule has 0 saturated carbocycles. The first-order chi connectivity index (χ1) is 10.6. The highest BCUT2D eigenvalue weighted by atomic mass is 35.5. The van der Waals surface area contributed by atoms with E-state index in [1.165, 1.54) is 0 Å². The molecule has 23 heavy (non-hydrogen) atoms. The number of nitrogens with zero attached hydrogens (tertiary/aromatic N) is 2. The number of piperazine rings is 1. The largest absolute Gasteiger partial charge is 0.329 e. The van der Waals surface area contributed by atoms with E-state index < -0.39 is 6.04 Å². The van der Waals surface area contributed by atoms with E-state index >= 15 is 0 Å². The Balaban J connectivity index is 2.15. The van der Waals surface area contributed by atoms with Gasteiger partial charge < -0.3 is 9.80 Å². The molecule has 1 saturated heterocycles. The van der Waals surface area contributed by atoms with Crippen LogP contribution in [0.25, 0.3) is 0 Å². The van der Waals surface area contributed by atoms with Gasteiger partial charge in [-0.2, -0.15) is 0 Å². The molecule has 0 unspecified atom stereocenters. The van der Waals surface area contributed by atoms with E-state index in [1.807, 2.05) is 45.9 Å². The number of aryl methyl sites for hydroxylation is 1. The number of hydrogen-bond donors (Lipinski definition) is 0. The summed E-state index contributed by atoms with van der Waals surface area (Å²) in [6.07, 6.45) is 0.445. The molecular formula is C18H25ClN2O2. The highest BCUT2D eigenvalue weighted by Gasteiger charge is 2.36. The molecule has 1 aliphatic heterocycles. The second-order valence-corrected chi connectivity index (χ2v) is 7.83. The number of rotatable bonds is 2. The monoisotopic (exact) mass is 336 g/mol. The molecule has 5 heteroatoms. The summed E-state index contributed by atoms with van der Waals surface area (Å²) in [7, 11) is 0. The topological polar surface area (TPSA) is 40.6 Å². The van der Waals surface area contributed by atoms with E-state index in [4.69, 9.17) is 11.6 Å². The fourth-order valence-corrected chi connectivity index (χ4v) is 2.95. The Morgan fingerprint density at radius 2 is 1.96 bits per heavy atom. The molecule has 4 nitrogen and oxygen atoms in total. The zero-order valence-corrected chi connectivity index (χ0v) is 15.3. The van der Waals surface area contributed by atoms with Crippen LogP contribution in [0, 0.1) is 12.3 Å². The molecule has 1 fully saturated rings. The minimum atomic E-state index is -0.446. The lowest BCUT2D eigenvalue weighted by atomic mass is 9.91. The second kappa shape index (κ2) is 6.52. The first-order valence-electron chi connectivity index (χ1n) is 7.97. The summed E-state index contributed by atoms with van der Waals surface area (Å²) in [6, 6.07) is 5.18. The van der Waals surface area contributed by atoms with E-state index in [0.29, 0.717) is 24.5 Å². The Morgan fingerprint density at radius 3 is 2.52 bits per heavy atom. The van der Waals surface area contributed by atoms with Crippen molar-refractivity contribution in [1.29, 1.82) is 0 Å². The van der Waals surface area contributed by atoms with Gasteiger partial charge in [0.15, 0.2) is 0 Å². The highest BCUT2D eigenvalue weighted by molar-refractivity contribution is 6.31. The third-order valence-electron chi connectivity index (χ3n) is 4.12. The van der Waals surface area contributed by atoms with Crippen LogP contribution in [-0.4, -0.2) is 35.8 Å². The zero-order chi connectivity index (χ0) is 17.4. The molecular weight excluding hydrogens is 312 g/mol. The third-order valence-corrected chi connectivity index (χ3v) is 4.53. The number of hydrogen-bond acceptors (Lipinski definition) is 2. The summed E-state index contributed by atoms with van der Waals surface area (Å²) < 4.78 is 0. The smallest absolute Gasteiger partial charge is 0.249 e. The number of carbonyl (C=O) groups excluding carboxylic acids is 2. The average molecular weight is 337 g/mol. The SMILES string of the molecule is Cc1ccc(N2CCN(C(=O)CC(C)(C)C)[C@@H](C)C2=O)cc1Cl. The summed E-state index contributed by atoms with van der Waals surface area (Å²) in [5.41, 5.74) is 1.69. The van der Waals surface area contributed by atoms with E-state index in [1.54, 1.807) is 16.7 Å². The third kappa shape index (κ3) is 4.05. The minimum Gasteiger partial charge on any atom is -0.329 e. The molecule has 1 aromatic rings. The van der Waals surface area contributed by atoms with Crippen LogP contribution >= 0.6 is 11.6 Å². The fraction of sp³-hybridized carbons (Fsp3) is 0.556. The molecule has 0 aromatic heterocycles. The lowest BCUT2D eigenvalue weighted by Gasteiger charge is -2.40. The Labute approximate surface area is 143 Å². The molecule has 1 heterocycles. The van der Waals surface area contributed by atoms with Gasteiger partial charge in [-0.15, -0.1) is 0 Å². The normalized spacial score (nSPS) is 19.2. The molecule has 1 atom stereocenters. The van der Waals surface area contributed by atoms with Gasteiger partial charge in [0.1, 0.15) is 6.04 Å². The molecule has 0 N–H and O–H groups in total. The van der Waals surface area contributed by atoms with Crippen LogP contribution < -0.4 is 4.90 Å². The standard InChI is InChI=1S/C18H25ClN2O2/c1-12-6-7-14(10-15(12)19)21-9-8-20(13(2)17(21)23)16(22)11-18(3,4)5/h6-7,10,13H,8-9,11H2,1-5H3/t13-/m0/s1. The average Bonchev–Trinajstić information content (AvgIpc) is 2.43. The van der Waals surface area contributed by atoms with Crippen LogP contribution in [0.4, 0.5) is 5.69 Å². The van der Waals surface area contributed by atoms with Crippen LogP contribution in [0.5, 0.6) is 0 Å². The minimum absolute atomic E-state index is 0.0416. The van der Waals surface area contributed by atoms with Crippen LogP contribution in [0.3, 0.4) is 0 Å². The first kappa shape index (κ1) is 17.8. The van der Waals surface area contributed by atoms with E-state index in [2.05, 4.69) is 0 Å².